The molecule has 10 heteroatoms. The van der Waals surface area contributed by atoms with Crippen molar-refractivity contribution in [2.75, 3.05) is 33.2 Å². The lowest BCUT2D eigenvalue weighted by molar-refractivity contribution is -0.143. The Balaban J connectivity index is 1.75. The van der Waals surface area contributed by atoms with E-state index in [1.54, 1.807) is 7.05 Å². The minimum atomic E-state index is -4.36. The number of nitrogens with one attached hydrogen (secondary N) is 2. The molecule has 1 heterocycles. The lowest BCUT2D eigenvalue weighted by Gasteiger charge is -2.19. The monoisotopic (exact) mass is 396 g/mol. The molecule has 27 heavy (non-hydrogen) atoms. The smallest absolute Gasteiger partial charge is 0.356 e. The summed E-state index contributed by atoms with van der Waals surface area (Å²) in [5, 5.41) is 6.11. The highest BCUT2D eigenvalue weighted by Gasteiger charge is 2.34. The molecule has 4 nitrogen and oxygen atoms in total. The van der Waals surface area contributed by atoms with Crippen LogP contribution in [0.4, 0.5) is 26.3 Å². The minimum Gasteiger partial charge on any atom is -0.356 e. The molecule has 1 atom stereocenters. The topological polar surface area (TPSA) is 39.7 Å². The van der Waals surface area contributed by atoms with E-state index in [0.29, 0.717) is 31.9 Å². The zero-order valence-corrected chi connectivity index (χ0v) is 14.8. The van der Waals surface area contributed by atoms with Crippen molar-refractivity contribution >= 4 is 5.96 Å². The van der Waals surface area contributed by atoms with Crippen molar-refractivity contribution in [2.24, 2.45) is 4.99 Å². The van der Waals surface area contributed by atoms with Gasteiger partial charge in [-0.3, -0.25) is 9.89 Å². The van der Waals surface area contributed by atoms with Gasteiger partial charge in [0.15, 0.2) is 5.96 Å². The summed E-state index contributed by atoms with van der Waals surface area (Å²) in [7, 11) is 1.55. The molecular weight excluding hydrogens is 374 g/mol. The minimum absolute atomic E-state index is 0.135. The molecule has 0 amide bonds. The maximum absolute atomic E-state index is 12.5. The molecule has 1 saturated heterocycles. The third-order valence-corrected chi connectivity index (χ3v) is 4.23. The molecule has 2 N–H and O–H groups in total. The average molecular weight is 396 g/mol. The molecule has 1 unspecified atom stereocenters. The molecule has 0 aliphatic carbocycles. The van der Waals surface area contributed by atoms with Gasteiger partial charge in [-0.05, 0) is 30.5 Å². The largest absolute Gasteiger partial charge is 0.416 e. The molecule has 1 aromatic carbocycles. The Kier molecular flexibility index (Phi) is 6.96. The first kappa shape index (κ1) is 21.3. The van der Waals surface area contributed by atoms with Crippen molar-refractivity contribution in [1.29, 1.82) is 0 Å². The van der Waals surface area contributed by atoms with Crippen molar-refractivity contribution in [3.8, 4) is 0 Å². The third kappa shape index (κ3) is 7.28. The highest BCUT2D eigenvalue weighted by molar-refractivity contribution is 5.80. The SMILES string of the molecule is CN=C(NCCc1ccc(C(F)(F)F)cc1)NC1CCN(CC(F)(F)F)C1. The van der Waals surface area contributed by atoms with Gasteiger partial charge in [-0.15, -0.1) is 0 Å². The van der Waals surface area contributed by atoms with Gasteiger partial charge in [0, 0.05) is 32.7 Å². The fraction of sp³-hybridized carbons (Fsp3) is 0.588. The lowest BCUT2D eigenvalue weighted by Crippen LogP contribution is -2.45. The summed E-state index contributed by atoms with van der Waals surface area (Å²) < 4.78 is 74.9. The van der Waals surface area contributed by atoms with Crippen LogP contribution in [0.1, 0.15) is 17.5 Å². The Morgan fingerprint density at radius 2 is 1.81 bits per heavy atom. The average Bonchev–Trinajstić information content (AvgIpc) is 2.98. The molecule has 1 aliphatic rings. The van der Waals surface area contributed by atoms with Gasteiger partial charge in [0.25, 0.3) is 0 Å². The van der Waals surface area contributed by atoms with Crippen LogP contribution in [0.25, 0.3) is 0 Å². The molecular formula is C17H22F6N4. The zero-order chi connectivity index (χ0) is 20.1. The fourth-order valence-corrected chi connectivity index (χ4v) is 2.92. The summed E-state index contributed by atoms with van der Waals surface area (Å²) in [6, 6.07) is 4.79. The Hall–Kier alpha value is -1.97. The maximum Gasteiger partial charge on any atom is 0.416 e. The van der Waals surface area contributed by atoms with Crippen molar-refractivity contribution < 1.29 is 26.3 Å². The Labute approximate surface area is 153 Å². The van der Waals surface area contributed by atoms with E-state index in [2.05, 4.69) is 15.6 Å². The molecule has 0 aromatic heterocycles. The number of alkyl halides is 6. The molecule has 1 aromatic rings. The van der Waals surface area contributed by atoms with E-state index in [1.165, 1.54) is 17.0 Å². The normalized spacial score (nSPS) is 19.4. The van der Waals surface area contributed by atoms with E-state index in [0.717, 1.165) is 17.7 Å². The van der Waals surface area contributed by atoms with E-state index < -0.39 is 24.5 Å². The molecule has 0 radical (unpaired) electrons. The Morgan fingerprint density at radius 3 is 2.37 bits per heavy atom. The highest BCUT2D eigenvalue weighted by atomic mass is 19.4. The number of halogens is 6. The Morgan fingerprint density at radius 1 is 1.15 bits per heavy atom. The van der Waals surface area contributed by atoms with Crippen LogP contribution >= 0.6 is 0 Å². The van der Waals surface area contributed by atoms with Crippen molar-refractivity contribution in [1.82, 2.24) is 15.5 Å². The lowest BCUT2D eigenvalue weighted by atomic mass is 10.1. The van der Waals surface area contributed by atoms with Crippen LogP contribution in [-0.4, -0.2) is 56.3 Å². The van der Waals surface area contributed by atoms with Gasteiger partial charge in [-0.1, -0.05) is 12.1 Å². The number of rotatable bonds is 5. The van der Waals surface area contributed by atoms with Crippen LogP contribution in [-0.2, 0) is 12.6 Å². The molecule has 1 aliphatic heterocycles. The van der Waals surface area contributed by atoms with Gasteiger partial charge in [0.05, 0.1) is 12.1 Å². The van der Waals surface area contributed by atoms with Crippen molar-refractivity contribution in [3.05, 3.63) is 35.4 Å². The standard InChI is InChI=1S/C17H22F6N4/c1-24-15(26-14-7-9-27(10-14)11-16(18,19)20)25-8-6-12-2-4-13(5-3-12)17(21,22)23/h2-5,14H,6-11H2,1H3,(H2,24,25,26). The van der Waals surface area contributed by atoms with Gasteiger partial charge in [-0.25, -0.2) is 0 Å². The molecule has 0 saturated carbocycles. The molecule has 1 fully saturated rings. The van der Waals surface area contributed by atoms with Crippen LogP contribution in [0.5, 0.6) is 0 Å². The molecule has 152 valence electrons. The summed E-state index contributed by atoms with van der Waals surface area (Å²) in [6.07, 6.45) is -7.50. The summed E-state index contributed by atoms with van der Waals surface area (Å²) >= 11 is 0. The van der Waals surface area contributed by atoms with Crippen LogP contribution in [0.3, 0.4) is 0 Å². The van der Waals surface area contributed by atoms with Gasteiger partial charge in [0.1, 0.15) is 0 Å². The van der Waals surface area contributed by atoms with Gasteiger partial charge in [0.2, 0.25) is 0 Å². The second-order valence-corrected chi connectivity index (χ2v) is 6.42. The summed E-state index contributed by atoms with van der Waals surface area (Å²) in [5.41, 5.74) is 0.0458. The molecule has 2 rings (SSSR count). The van der Waals surface area contributed by atoms with Crippen LogP contribution in [0.2, 0.25) is 0 Å². The number of hydrogen-bond donors (Lipinski definition) is 2. The van der Waals surface area contributed by atoms with Crippen LogP contribution in [0, 0.1) is 0 Å². The zero-order valence-electron chi connectivity index (χ0n) is 14.8. The van der Waals surface area contributed by atoms with Crippen molar-refractivity contribution in [3.63, 3.8) is 0 Å². The first-order chi connectivity index (χ1) is 12.6. The van der Waals surface area contributed by atoms with Crippen molar-refractivity contribution in [2.45, 2.75) is 31.2 Å². The predicted molar refractivity (Wildman–Crippen MR) is 90.5 cm³/mol. The van der Waals surface area contributed by atoms with Gasteiger partial charge >= 0.3 is 12.4 Å². The highest BCUT2D eigenvalue weighted by Crippen LogP contribution is 2.29. The van der Waals surface area contributed by atoms with E-state index in [4.69, 9.17) is 0 Å². The van der Waals surface area contributed by atoms with E-state index >= 15 is 0 Å². The molecule has 0 spiro atoms. The second-order valence-electron chi connectivity index (χ2n) is 6.42. The quantitative estimate of drug-likeness (QED) is 0.457. The summed E-state index contributed by atoms with van der Waals surface area (Å²) in [4.78, 5) is 5.37. The maximum atomic E-state index is 12.5. The number of nitrogens with zero attached hydrogens (tertiary/aromatic N) is 2. The first-order valence-electron chi connectivity index (χ1n) is 8.49. The summed E-state index contributed by atoms with van der Waals surface area (Å²) in [5.74, 6) is 0.459. The van der Waals surface area contributed by atoms with E-state index in [1.807, 2.05) is 0 Å². The van der Waals surface area contributed by atoms with Crippen LogP contribution < -0.4 is 10.6 Å². The first-order valence-corrected chi connectivity index (χ1v) is 8.49. The molecule has 0 bridgehead atoms. The number of aliphatic imine (C=N–C) groups is 1. The number of likely N-dealkylation sites (tertiary alicyclic amines) is 1. The summed E-state index contributed by atoms with van der Waals surface area (Å²) in [6.45, 7) is 0.147. The Bertz CT molecular complexity index is 624. The van der Waals surface area contributed by atoms with E-state index in [9.17, 15) is 26.3 Å². The van der Waals surface area contributed by atoms with Crippen LogP contribution in [0.15, 0.2) is 29.3 Å². The fourth-order valence-electron chi connectivity index (χ4n) is 2.92. The predicted octanol–water partition coefficient (Wildman–Crippen LogP) is 3.05. The van der Waals surface area contributed by atoms with Gasteiger partial charge in [-0.2, -0.15) is 26.3 Å². The number of benzene rings is 1. The van der Waals surface area contributed by atoms with Gasteiger partial charge < -0.3 is 10.6 Å². The second kappa shape index (κ2) is 8.81. The number of guanidine groups is 1. The third-order valence-electron chi connectivity index (χ3n) is 4.23. The van der Waals surface area contributed by atoms with E-state index in [-0.39, 0.29) is 12.6 Å². The number of hydrogen-bond acceptors (Lipinski definition) is 2.